The van der Waals surface area contributed by atoms with Gasteiger partial charge in [-0.25, -0.2) is 9.78 Å². The zero-order chi connectivity index (χ0) is 16.7. The molecule has 5 heteroatoms. The number of fused-ring (bicyclic) bond motifs is 1. The number of aryl methyl sites for hydroxylation is 1. The molecule has 2 rings (SSSR count). The van der Waals surface area contributed by atoms with Gasteiger partial charge in [-0.15, -0.1) is 0 Å². The fourth-order valence-corrected chi connectivity index (χ4v) is 3.37. The van der Waals surface area contributed by atoms with E-state index in [2.05, 4.69) is 43.2 Å². The van der Waals surface area contributed by atoms with Crippen molar-refractivity contribution in [3.63, 3.8) is 0 Å². The number of nitrogens with zero attached hydrogens (tertiary/aromatic N) is 1. The summed E-state index contributed by atoms with van der Waals surface area (Å²) >= 11 is 1.49. The summed E-state index contributed by atoms with van der Waals surface area (Å²) in [5, 5.41) is 3.35. The quantitative estimate of drug-likeness (QED) is 0.681. The summed E-state index contributed by atoms with van der Waals surface area (Å²) in [6.45, 7) is 6.92. The lowest BCUT2D eigenvalue weighted by molar-refractivity contribution is 0.136. The molecule has 4 nitrogen and oxygen atoms in total. The van der Waals surface area contributed by atoms with Crippen molar-refractivity contribution < 1.29 is 9.53 Å². The maximum Gasteiger partial charge on any atom is 0.413 e. The van der Waals surface area contributed by atoms with E-state index >= 15 is 0 Å². The SMILES string of the molecule is CCCCC(CC)COC(=O)Nc1nc2ccc(CC)cc2s1. The van der Waals surface area contributed by atoms with Gasteiger partial charge in [0.25, 0.3) is 0 Å². The Morgan fingerprint density at radius 3 is 2.87 bits per heavy atom. The molecule has 23 heavy (non-hydrogen) atoms. The Labute approximate surface area is 142 Å². The van der Waals surface area contributed by atoms with E-state index < -0.39 is 6.09 Å². The number of benzene rings is 1. The Kier molecular flexibility index (Phi) is 6.84. The predicted octanol–water partition coefficient (Wildman–Crippen LogP) is 5.62. The third-order valence-electron chi connectivity index (χ3n) is 4.06. The standard InChI is InChI=1S/C18H26N2O2S/c1-4-7-8-14(6-3)12-22-18(21)20-17-19-15-10-9-13(5-2)11-16(15)23-17/h9-11,14H,4-8,12H2,1-3H3,(H,19,20,21). The smallest absolute Gasteiger partial charge is 0.413 e. The largest absolute Gasteiger partial charge is 0.449 e. The van der Waals surface area contributed by atoms with Crippen molar-refractivity contribution in [2.24, 2.45) is 5.92 Å². The molecule has 2 aromatic rings. The zero-order valence-corrected chi connectivity index (χ0v) is 15.0. The Bertz CT molecular complexity index is 639. The van der Waals surface area contributed by atoms with Crippen molar-refractivity contribution in [1.82, 2.24) is 4.98 Å². The first kappa shape index (κ1) is 17.7. The Morgan fingerprint density at radius 2 is 2.17 bits per heavy atom. The third-order valence-corrected chi connectivity index (χ3v) is 5.00. The van der Waals surface area contributed by atoms with Crippen LogP contribution in [0, 0.1) is 5.92 Å². The molecule has 1 aromatic heterocycles. The number of aromatic nitrogens is 1. The number of nitrogens with one attached hydrogen (secondary N) is 1. The molecule has 1 amide bonds. The number of carbonyl (C=O) groups is 1. The monoisotopic (exact) mass is 334 g/mol. The molecule has 0 bridgehead atoms. The summed E-state index contributed by atoms with van der Waals surface area (Å²) in [5.74, 6) is 0.447. The normalized spacial score (nSPS) is 12.3. The molecule has 0 radical (unpaired) electrons. The van der Waals surface area contributed by atoms with E-state index in [1.54, 1.807) is 0 Å². The number of rotatable bonds is 8. The number of hydrogen-bond donors (Lipinski definition) is 1. The van der Waals surface area contributed by atoms with E-state index in [1.807, 2.05) is 6.07 Å². The predicted molar refractivity (Wildman–Crippen MR) is 97.3 cm³/mol. The highest BCUT2D eigenvalue weighted by Gasteiger charge is 2.12. The lowest BCUT2D eigenvalue weighted by atomic mass is 10.0. The van der Waals surface area contributed by atoms with Crippen LogP contribution >= 0.6 is 11.3 Å². The van der Waals surface area contributed by atoms with Gasteiger partial charge in [-0.1, -0.05) is 57.4 Å². The van der Waals surface area contributed by atoms with Gasteiger partial charge in [0.15, 0.2) is 5.13 Å². The number of carbonyl (C=O) groups excluding carboxylic acids is 1. The van der Waals surface area contributed by atoms with Crippen LogP contribution in [0.15, 0.2) is 18.2 Å². The second kappa shape index (κ2) is 8.87. The molecule has 0 saturated heterocycles. The van der Waals surface area contributed by atoms with E-state index in [4.69, 9.17) is 4.74 Å². The molecule has 0 saturated carbocycles. The van der Waals surface area contributed by atoms with Gasteiger partial charge in [0.05, 0.1) is 16.8 Å². The van der Waals surface area contributed by atoms with E-state index in [0.29, 0.717) is 17.7 Å². The summed E-state index contributed by atoms with van der Waals surface area (Å²) in [6, 6.07) is 6.20. The van der Waals surface area contributed by atoms with Crippen LogP contribution in [0.3, 0.4) is 0 Å². The average Bonchev–Trinajstić information content (AvgIpc) is 2.96. The lowest BCUT2D eigenvalue weighted by Gasteiger charge is -2.14. The minimum absolute atomic E-state index is 0.408. The van der Waals surface area contributed by atoms with Crippen molar-refractivity contribution in [1.29, 1.82) is 0 Å². The molecule has 1 unspecified atom stereocenters. The highest BCUT2D eigenvalue weighted by Crippen LogP contribution is 2.27. The minimum Gasteiger partial charge on any atom is -0.449 e. The highest BCUT2D eigenvalue weighted by molar-refractivity contribution is 7.22. The fraction of sp³-hybridized carbons (Fsp3) is 0.556. The molecular formula is C18H26N2O2S. The minimum atomic E-state index is -0.408. The van der Waals surface area contributed by atoms with Crippen molar-refractivity contribution in [2.45, 2.75) is 52.9 Å². The number of hydrogen-bond acceptors (Lipinski definition) is 4. The Balaban J connectivity index is 1.89. The third kappa shape index (κ3) is 5.20. The molecule has 0 aliphatic rings. The van der Waals surface area contributed by atoms with Crippen molar-refractivity contribution >= 4 is 32.8 Å². The van der Waals surface area contributed by atoms with Crippen LogP contribution in [0.25, 0.3) is 10.2 Å². The van der Waals surface area contributed by atoms with Gasteiger partial charge in [-0.05, 0) is 36.5 Å². The summed E-state index contributed by atoms with van der Waals surface area (Å²) in [4.78, 5) is 16.4. The van der Waals surface area contributed by atoms with Gasteiger partial charge in [0.2, 0.25) is 0 Å². The molecule has 0 aliphatic carbocycles. The fourth-order valence-electron chi connectivity index (χ4n) is 2.46. The highest BCUT2D eigenvalue weighted by atomic mass is 32.1. The number of ether oxygens (including phenoxy) is 1. The summed E-state index contributed by atoms with van der Waals surface area (Å²) in [7, 11) is 0. The molecule has 1 aromatic carbocycles. The van der Waals surface area contributed by atoms with Gasteiger partial charge in [0.1, 0.15) is 0 Å². The Hall–Kier alpha value is -1.62. The van der Waals surface area contributed by atoms with Crippen molar-refractivity contribution in [3.05, 3.63) is 23.8 Å². The first-order chi connectivity index (χ1) is 11.2. The zero-order valence-electron chi connectivity index (χ0n) is 14.2. The van der Waals surface area contributed by atoms with Crippen LogP contribution in [-0.2, 0) is 11.2 Å². The van der Waals surface area contributed by atoms with Gasteiger partial charge in [-0.2, -0.15) is 0 Å². The first-order valence-corrected chi connectivity index (χ1v) is 9.31. The van der Waals surface area contributed by atoms with E-state index in [-0.39, 0.29) is 0 Å². The van der Waals surface area contributed by atoms with Crippen LogP contribution in [0.1, 0.15) is 52.0 Å². The Morgan fingerprint density at radius 1 is 1.35 bits per heavy atom. The van der Waals surface area contributed by atoms with E-state index in [9.17, 15) is 4.79 Å². The van der Waals surface area contributed by atoms with Gasteiger partial charge < -0.3 is 4.74 Å². The topological polar surface area (TPSA) is 51.2 Å². The van der Waals surface area contributed by atoms with Crippen molar-refractivity contribution in [3.8, 4) is 0 Å². The number of unbranched alkanes of at least 4 members (excludes halogenated alkanes) is 1. The summed E-state index contributed by atoms with van der Waals surface area (Å²) < 4.78 is 6.45. The summed E-state index contributed by atoms with van der Waals surface area (Å²) in [6.07, 6.45) is 5.09. The van der Waals surface area contributed by atoms with E-state index in [1.165, 1.54) is 29.7 Å². The molecule has 1 atom stereocenters. The molecule has 1 heterocycles. The van der Waals surface area contributed by atoms with E-state index in [0.717, 1.165) is 29.5 Å². The molecule has 0 spiro atoms. The van der Waals surface area contributed by atoms with Crippen LogP contribution in [-0.4, -0.2) is 17.7 Å². The van der Waals surface area contributed by atoms with Crippen LogP contribution in [0.5, 0.6) is 0 Å². The molecule has 126 valence electrons. The van der Waals surface area contributed by atoms with Crippen LogP contribution in [0.2, 0.25) is 0 Å². The second-order valence-corrected chi connectivity index (χ2v) is 6.85. The maximum absolute atomic E-state index is 11.9. The lowest BCUT2D eigenvalue weighted by Crippen LogP contribution is -2.18. The van der Waals surface area contributed by atoms with Crippen LogP contribution in [0.4, 0.5) is 9.93 Å². The van der Waals surface area contributed by atoms with Gasteiger partial charge >= 0.3 is 6.09 Å². The molecule has 1 N–H and O–H groups in total. The number of amides is 1. The van der Waals surface area contributed by atoms with Crippen molar-refractivity contribution in [2.75, 3.05) is 11.9 Å². The second-order valence-electron chi connectivity index (χ2n) is 5.81. The number of anilines is 1. The molecule has 0 aliphatic heterocycles. The van der Waals surface area contributed by atoms with Crippen LogP contribution < -0.4 is 5.32 Å². The van der Waals surface area contributed by atoms with Gasteiger partial charge in [0, 0.05) is 0 Å². The molecule has 0 fully saturated rings. The summed E-state index contributed by atoms with van der Waals surface area (Å²) in [5.41, 5.74) is 2.19. The molecular weight excluding hydrogens is 308 g/mol. The van der Waals surface area contributed by atoms with Gasteiger partial charge in [-0.3, -0.25) is 5.32 Å². The average molecular weight is 334 g/mol. The maximum atomic E-state index is 11.9. The first-order valence-electron chi connectivity index (χ1n) is 8.49. The number of thiazole rings is 1.